The van der Waals surface area contributed by atoms with Crippen LogP contribution in [0.25, 0.3) is 0 Å². The van der Waals surface area contributed by atoms with E-state index >= 15 is 0 Å². The molecule has 5 heteroatoms. The average molecular weight is 340 g/mol. The number of hydrogen-bond acceptors (Lipinski definition) is 3. The molecule has 2 aromatic rings. The first-order chi connectivity index (χ1) is 12.2. The Morgan fingerprint density at radius 3 is 2.56 bits per heavy atom. The van der Waals surface area contributed by atoms with Crippen LogP contribution in [0.3, 0.4) is 0 Å². The van der Waals surface area contributed by atoms with Gasteiger partial charge in [-0.05, 0) is 50.6 Å². The molecule has 0 saturated heterocycles. The first kappa shape index (κ1) is 18.8. The molecule has 1 aromatic heterocycles. The standard InChI is InChI=1S/C20H28N4O/c1-4-21-20(23-14-12-18-7-5-6-13-22-18)24-15-17-8-10-19(11-9-17)25-16(2)3/h5-11,13,16H,4,12,14-15H2,1-3H3,(H2,21,23,24). The summed E-state index contributed by atoms with van der Waals surface area (Å²) in [6.45, 7) is 8.37. The number of ether oxygens (including phenoxy) is 1. The molecule has 25 heavy (non-hydrogen) atoms. The number of guanidine groups is 1. The Kier molecular flexibility index (Phi) is 7.76. The number of rotatable bonds is 8. The lowest BCUT2D eigenvalue weighted by Crippen LogP contribution is -2.38. The van der Waals surface area contributed by atoms with E-state index in [4.69, 9.17) is 4.74 Å². The highest BCUT2D eigenvalue weighted by Gasteiger charge is 2.00. The van der Waals surface area contributed by atoms with Gasteiger partial charge in [0, 0.05) is 31.4 Å². The van der Waals surface area contributed by atoms with E-state index in [-0.39, 0.29) is 6.10 Å². The molecule has 2 N–H and O–H groups in total. The Hall–Kier alpha value is -2.56. The van der Waals surface area contributed by atoms with Crippen LogP contribution in [-0.4, -0.2) is 30.1 Å². The van der Waals surface area contributed by atoms with Crippen LogP contribution < -0.4 is 15.4 Å². The first-order valence-electron chi connectivity index (χ1n) is 8.85. The molecule has 134 valence electrons. The Bertz CT molecular complexity index is 639. The zero-order valence-electron chi connectivity index (χ0n) is 15.3. The van der Waals surface area contributed by atoms with E-state index < -0.39 is 0 Å². The van der Waals surface area contributed by atoms with Gasteiger partial charge in [0.25, 0.3) is 0 Å². The molecule has 0 aliphatic rings. The fourth-order valence-corrected chi connectivity index (χ4v) is 2.31. The van der Waals surface area contributed by atoms with Crippen LogP contribution >= 0.6 is 0 Å². The zero-order chi connectivity index (χ0) is 17.9. The van der Waals surface area contributed by atoms with Gasteiger partial charge in [0.2, 0.25) is 0 Å². The lowest BCUT2D eigenvalue weighted by molar-refractivity contribution is 0.242. The fourth-order valence-electron chi connectivity index (χ4n) is 2.31. The first-order valence-corrected chi connectivity index (χ1v) is 8.85. The Labute approximate surface area is 150 Å². The molecule has 0 amide bonds. The van der Waals surface area contributed by atoms with E-state index in [9.17, 15) is 0 Å². The number of aromatic nitrogens is 1. The second kappa shape index (κ2) is 10.3. The number of benzene rings is 1. The van der Waals surface area contributed by atoms with Gasteiger partial charge >= 0.3 is 0 Å². The summed E-state index contributed by atoms with van der Waals surface area (Å²) in [5, 5.41) is 6.62. The molecule has 0 atom stereocenters. The minimum Gasteiger partial charge on any atom is -0.491 e. The monoisotopic (exact) mass is 340 g/mol. The molecule has 0 aliphatic heterocycles. The Morgan fingerprint density at radius 2 is 1.92 bits per heavy atom. The molecule has 0 fully saturated rings. The molecule has 1 aromatic carbocycles. The third-order valence-corrected chi connectivity index (χ3v) is 3.46. The van der Waals surface area contributed by atoms with Crippen molar-refractivity contribution in [2.45, 2.75) is 39.8 Å². The topological polar surface area (TPSA) is 58.5 Å². The van der Waals surface area contributed by atoms with E-state index in [1.807, 2.05) is 50.4 Å². The van der Waals surface area contributed by atoms with Gasteiger partial charge in [-0.1, -0.05) is 18.2 Å². The highest BCUT2D eigenvalue weighted by molar-refractivity contribution is 5.79. The molecule has 0 unspecified atom stereocenters. The lowest BCUT2D eigenvalue weighted by atomic mass is 10.2. The molecule has 2 rings (SSSR count). The number of nitrogens with zero attached hydrogens (tertiary/aromatic N) is 2. The quantitative estimate of drug-likeness (QED) is 0.572. The van der Waals surface area contributed by atoms with Crippen molar-refractivity contribution in [2.75, 3.05) is 13.1 Å². The van der Waals surface area contributed by atoms with E-state index in [0.29, 0.717) is 6.54 Å². The molecule has 0 spiro atoms. The highest BCUT2D eigenvalue weighted by atomic mass is 16.5. The molecule has 0 saturated carbocycles. The van der Waals surface area contributed by atoms with Gasteiger partial charge in [-0.25, -0.2) is 4.99 Å². The fraction of sp³-hybridized carbons (Fsp3) is 0.400. The van der Waals surface area contributed by atoms with Crippen LogP contribution in [0, 0.1) is 0 Å². The number of nitrogens with one attached hydrogen (secondary N) is 2. The largest absolute Gasteiger partial charge is 0.491 e. The van der Waals surface area contributed by atoms with Crippen molar-refractivity contribution in [3.8, 4) is 5.75 Å². The van der Waals surface area contributed by atoms with E-state index in [1.54, 1.807) is 0 Å². The summed E-state index contributed by atoms with van der Waals surface area (Å²) in [4.78, 5) is 8.97. The maximum Gasteiger partial charge on any atom is 0.191 e. The van der Waals surface area contributed by atoms with Gasteiger partial charge in [0.15, 0.2) is 5.96 Å². The summed E-state index contributed by atoms with van der Waals surface area (Å²) in [7, 11) is 0. The smallest absolute Gasteiger partial charge is 0.191 e. The number of aliphatic imine (C=N–C) groups is 1. The molecular weight excluding hydrogens is 312 g/mol. The Balaban J connectivity index is 1.85. The molecule has 0 aliphatic carbocycles. The summed E-state index contributed by atoms with van der Waals surface area (Å²) >= 11 is 0. The maximum atomic E-state index is 5.66. The van der Waals surface area contributed by atoms with Crippen molar-refractivity contribution in [1.29, 1.82) is 0 Å². The van der Waals surface area contributed by atoms with Crippen molar-refractivity contribution in [3.63, 3.8) is 0 Å². The van der Waals surface area contributed by atoms with Crippen LogP contribution in [-0.2, 0) is 13.0 Å². The third kappa shape index (κ3) is 7.25. The van der Waals surface area contributed by atoms with Crippen molar-refractivity contribution >= 4 is 5.96 Å². The second-order valence-corrected chi connectivity index (χ2v) is 6.00. The van der Waals surface area contributed by atoms with Gasteiger partial charge in [0.1, 0.15) is 5.75 Å². The van der Waals surface area contributed by atoms with Crippen LogP contribution in [0.2, 0.25) is 0 Å². The number of pyridine rings is 1. The average Bonchev–Trinajstić information content (AvgIpc) is 2.61. The summed E-state index contributed by atoms with van der Waals surface area (Å²) in [6.07, 6.45) is 2.88. The molecule has 1 heterocycles. The summed E-state index contributed by atoms with van der Waals surface area (Å²) in [5.74, 6) is 1.71. The maximum absolute atomic E-state index is 5.66. The summed E-state index contributed by atoms with van der Waals surface area (Å²) in [5.41, 5.74) is 2.23. The van der Waals surface area contributed by atoms with Crippen LogP contribution in [0.1, 0.15) is 32.0 Å². The predicted octanol–water partition coefficient (Wildman–Crippen LogP) is 3.17. The highest BCUT2D eigenvalue weighted by Crippen LogP contribution is 2.14. The van der Waals surface area contributed by atoms with Gasteiger partial charge < -0.3 is 15.4 Å². The zero-order valence-corrected chi connectivity index (χ0v) is 15.3. The minimum absolute atomic E-state index is 0.188. The number of hydrogen-bond donors (Lipinski definition) is 2. The second-order valence-electron chi connectivity index (χ2n) is 6.00. The summed E-state index contributed by atoms with van der Waals surface area (Å²) in [6, 6.07) is 14.1. The van der Waals surface area contributed by atoms with Crippen molar-refractivity contribution in [3.05, 3.63) is 59.9 Å². The minimum atomic E-state index is 0.188. The van der Waals surface area contributed by atoms with Crippen LogP contribution in [0.5, 0.6) is 5.75 Å². The van der Waals surface area contributed by atoms with Gasteiger partial charge in [-0.2, -0.15) is 0 Å². The van der Waals surface area contributed by atoms with E-state index in [2.05, 4.69) is 39.7 Å². The van der Waals surface area contributed by atoms with Gasteiger partial charge in [-0.15, -0.1) is 0 Å². The molecule has 0 bridgehead atoms. The van der Waals surface area contributed by atoms with Gasteiger partial charge in [-0.3, -0.25) is 4.98 Å². The third-order valence-electron chi connectivity index (χ3n) is 3.46. The van der Waals surface area contributed by atoms with Gasteiger partial charge in [0.05, 0.1) is 12.6 Å². The van der Waals surface area contributed by atoms with E-state index in [0.717, 1.165) is 42.5 Å². The van der Waals surface area contributed by atoms with Crippen LogP contribution in [0.15, 0.2) is 53.7 Å². The summed E-state index contributed by atoms with van der Waals surface area (Å²) < 4.78 is 5.66. The normalized spacial score (nSPS) is 11.4. The predicted molar refractivity (Wildman–Crippen MR) is 103 cm³/mol. The molecule has 0 radical (unpaired) electrons. The van der Waals surface area contributed by atoms with E-state index in [1.165, 1.54) is 0 Å². The Morgan fingerprint density at radius 1 is 1.12 bits per heavy atom. The van der Waals surface area contributed by atoms with Crippen molar-refractivity contribution in [2.24, 2.45) is 4.99 Å². The van der Waals surface area contributed by atoms with Crippen molar-refractivity contribution < 1.29 is 4.74 Å². The molecular formula is C20H28N4O. The molecule has 5 nitrogen and oxygen atoms in total. The SMILES string of the molecule is CCNC(=NCc1ccc(OC(C)C)cc1)NCCc1ccccn1. The van der Waals surface area contributed by atoms with Crippen molar-refractivity contribution in [1.82, 2.24) is 15.6 Å². The van der Waals surface area contributed by atoms with Crippen LogP contribution in [0.4, 0.5) is 0 Å². The lowest BCUT2D eigenvalue weighted by Gasteiger charge is -2.12.